The summed E-state index contributed by atoms with van der Waals surface area (Å²) in [5.41, 5.74) is 2.18. The van der Waals surface area contributed by atoms with Crippen molar-refractivity contribution in [3.05, 3.63) is 72.1 Å². The van der Waals surface area contributed by atoms with Gasteiger partial charge >= 0.3 is 5.97 Å². The number of carboxylic acids is 1. The number of fused-ring (bicyclic) bond motifs is 1. The molecule has 1 heterocycles. The zero-order valence-corrected chi connectivity index (χ0v) is 12.7. The van der Waals surface area contributed by atoms with Crippen LogP contribution >= 0.6 is 0 Å². The van der Waals surface area contributed by atoms with Crippen molar-refractivity contribution in [2.45, 2.75) is 12.5 Å². The first kappa shape index (κ1) is 15.6. The van der Waals surface area contributed by atoms with E-state index in [1.165, 1.54) is 6.20 Å². The predicted octanol–water partition coefficient (Wildman–Crippen LogP) is 2.06. The van der Waals surface area contributed by atoms with Gasteiger partial charge in [0.1, 0.15) is 11.7 Å². The topological polar surface area (TPSA) is 92.2 Å². The number of hydrogen-bond donors (Lipinski definition) is 2. The molecule has 0 aliphatic heterocycles. The van der Waals surface area contributed by atoms with E-state index in [4.69, 9.17) is 0 Å². The quantitative estimate of drug-likeness (QED) is 0.750. The van der Waals surface area contributed by atoms with E-state index in [1.807, 2.05) is 36.4 Å². The van der Waals surface area contributed by atoms with Crippen LogP contribution in [0, 0.1) is 0 Å². The van der Waals surface area contributed by atoms with Crippen molar-refractivity contribution in [3.8, 4) is 0 Å². The molecule has 0 aliphatic rings. The number of amides is 1. The summed E-state index contributed by atoms with van der Waals surface area (Å²) in [6.07, 6.45) is 1.54. The van der Waals surface area contributed by atoms with Crippen LogP contribution in [-0.2, 0) is 11.2 Å². The van der Waals surface area contributed by atoms with E-state index in [1.54, 1.807) is 18.2 Å². The molecular weight excluding hydrogens is 306 g/mol. The van der Waals surface area contributed by atoms with Crippen LogP contribution in [0.15, 0.2) is 60.8 Å². The summed E-state index contributed by atoms with van der Waals surface area (Å²) in [6, 6.07) is 15.3. The maximum absolute atomic E-state index is 12.3. The van der Waals surface area contributed by atoms with Gasteiger partial charge in [0.05, 0.1) is 17.2 Å². The molecule has 2 aromatic carbocycles. The highest BCUT2D eigenvalue weighted by atomic mass is 16.4. The summed E-state index contributed by atoms with van der Waals surface area (Å²) in [7, 11) is 0. The first-order chi connectivity index (χ1) is 11.6. The van der Waals surface area contributed by atoms with Crippen LogP contribution in [-0.4, -0.2) is 33.0 Å². The summed E-state index contributed by atoms with van der Waals surface area (Å²) in [6.45, 7) is 0. The lowest BCUT2D eigenvalue weighted by molar-refractivity contribution is -0.139. The van der Waals surface area contributed by atoms with Gasteiger partial charge < -0.3 is 10.4 Å². The molecule has 0 spiro atoms. The molecule has 0 saturated carbocycles. The van der Waals surface area contributed by atoms with Gasteiger partial charge in [0.25, 0.3) is 5.91 Å². The monoisotopic (exact) mass is 321 g/mol. The Balaban J connectivity index is 1.78. The SMILES string of the molecule is O=C(NC(Cc1ccccc1)C(=O)O)c1cnc2ccccc2n1. The van der Waals surface area contributed by atoms with Gasteiger partial charge in [0.2, 0.25) is 0 Å². The van der Waals surface area contributed by atoms with Crippen LogP contribution < -0.4 is 5.32 Å². The Hall–Kier alpha value is -3.28. The first-order valence-corrected chi connectivity index (χ1v) is 7.43. The standard InChI is InChI=1S/C18H15N3O3/c22-17(16-11-19-13-8-4-5-9-14(13)20-16)21-15(18(23)24)10-12-6-2-1-3-7-12/h1-9,11,15H,10H2,(H,21,22)(H,23,24). The first-order valence-electron chi connectivity index (χ1n) is 7.43. The predicted molar refractivity (Wildman–Crippen MR) is 88.6 cm³/mol. The molecular formula is C18H15N3O3. The molecule has 0 bridgehead atoms. The van der Waals surface area contributed by atoms with E-state index in [-0.39, 0.29) is 12.1 Å². The summed E-state index contributed by atoms with van der Waals surface area (Å²) in [4.78, 5) is 32.1. The fourth-order valence-corrected chi connectivity index (χ4v) is 2.35. The van der Waals surface area contributed by atoms with Gasteiger partial charge in [0, 0.05) is 6.42 Å². The molecule has 0 aliphatic carbocycles. The maximum atomic E-state index is 12.3. The molecule has 6 heteroatoms. The highest BCUT2D eigenvalue weighted by molar-refractivity contribution is 5.96. The van der Waals surface area contributed by atoms with E-state index in [0.29, 0.717) is 11.0 Å². The van der Waals surface area contributed by atoms with Crippen LogP contribution in [0.25, 0.3) is 11.0 Å². The second kappa shape index (κ2) is 6.87. The summed E-state index contributed by atoms with van der Waals surface area (Å²) in [5, 5.41) is 11.9. The van der Waals surface area contributed by atoms with Crippen molar-refractivity contribution in [1.82, 2.24) is 15.3 Å². The largest absolute Gasteiger partial charge is 0.480 e. The number of carboxylic acid groups (broad SMARTS) is 1. The average Bonchev–Trinajstić information content (AvgIpc) is 2.61. The number of hydrogen-bond acceptors (Lipinski definition) is 4. The fraction of sp³-hybridized carbons (Fsp3) is 0.111. The van der Waals surface area contributed by atoms with Gasteiger partial charge in [-0.15, -0.1) is 0 Å². The van der Waals surface area contributed by atoms with Crippen molar-refractivity contribution in [2.75, 3.05) is 0 Å². The second-order valence-corrected chi connectivity index (χ2v) is 5.30. The van der Waals surface area contributed by atoms with Gasteiger partial charge in [-0.25, -0.2) is 9.78 Å². The third kappa shape index (κ3) is 3.55. The number of aromatic nitrogens is 2. The Bertz CT molecular complexity index is 881. The lowest BCUT2D eigenvalue weighted by atomic mass is 10.1. The van der Waals surface area contributed by atoms with Gasteiger partial charge in [0.15, 0.2) is 0 Å². The zero-order chi connectivity index (χ0) is 16.9. The van der Waals surface area contributed by atoms with E-state index >= 15 is 0 Å². The number of nitrogens with zero attached hydrogens (tertiary/aromatic N) is 2. The Kier molecular flexibility index (Phi) is 4.47. The van der Waals surface area contributed by atoms with Crippen molar-refractivity contribution >= 4 is 22.9 Å². The van der Waals surface area contributed by atoms with Gasteiger partial charge in [-0.2, -0.15) is 0 Å². The Morgan fingerprint density at radius 2 is 1.67 bits per heavy atom. The van der Waals surface area contributed by atoms with Gasteiger partial charge in [-0.3, -0.25) is 9.78 Å². The number of carbonyl (C=O) groups is 2. The minimum atomic E-state index is -1.10. The van der Waals surface area contributed by atoms with E-state index in [2.05, 4.69) is 15.3 Å². The minimum absolute atomic E-state index is 0.0908. The molecule has 3 rings (SSSR count). The fourth-order valence-electron chi connectivity index (χ4n) is 2.35. The van der Waals surface area contributed by atoms with Crippen LogP contribution in [0.1, 0.15) is 16.1 Å². The molecule has 1 aromatic heterocycles. The number of aliphatic carboxylic acids is 1. The van der Waals surface area contributed by atoms with E-state index < -0.39 is 17.9 Å². The molecule has 2 N–H and O–H groups in total. The number of nitrogens with one attached hydrogen (secondary N) is 1. The van der Waals surface area contributed by atoms with Crippen molar-refractivity contribution in [3.63, 3.8) is 0 Å². The second-order valence-electron chi connectivity index (χ2n) is 5.30. The van der Waals surface area contributed by atoms with Crippen molar-refractivity contribution in [2.24, 2.45) is 0 Å². The number of carbonyl (C=O) groups excluding carboxylic acids is 1. The molecule has 1 amide bonds. The third-order valence-electron chi connectivity index (χ3n) is 3.57. The summed E-state index contributed by atoms with van der Waals surface area (Å²) >= 11 is 0. The normalized spacial score (nSPS) is 11.8. The van der Waals surface area contributed by atoms with Crippen LogP contribution in [0.3, 0.4) is 0 Å². The summed E-state index contributed by atoms with van der Waals surface area (Å²) < 4.78 is 0. The Labute approximate surface area is 138 Å². The average molecular weight is 321 g/mol. The smallest absolute Gasteiger partial charge is 0.326 e. The van der Waals surface area contributed by atoms with Crippen LogP contribution in [0.2, 0.25) is 0 Å². The van der Waals surface area contributed by atoms with Gasteiger partial charge in [-0.1, -0.05) is 42.5 Å². The van der Waals surface area contributed by atoms with E-state index in [9.17, 15) is 14.7 Å². The Morgan fingerprint density at radius 1 is 1.00 bits per heavy atom. The van der Waals surface area contributed by atoms with E-state index in [0.717, 1.165) is 5.56 Å². The number of para-hydroxylation sites is 2. The van der Waals surface area contributed by atoms with Crippen molar-refractivity contribution in [1.29, 1.82) is 0 Å². The molecule has 0 saturated heterocycles. The molecule has 1 atom stereocenters. The molecule has 0 radical (unpaired) electrons. The molecule has 6 nitrogen and oxygen atoms in total. The molecule has 24 heavy (non-hydrogen) atoms. The van der Waals surface area contributed by atoms with Crippen molar-refractivity contribution < 1.29 is 14.7 Å². The summed E-state index contributed by atoms with van der Waals surface area (Å²) in [5.74, 6) is -1.66. The highest BCUT2D eigenvalue weighted by Gasteiger charge is 2.22. The van der Waals surface area contributed by atoms with Gasteiger partial charge in [-0.05, 0) is 17.7 Å². The maximum Gasteiger partial charge on any atom is 0.326 e. The highest BCUT2D eigenvalue weighted by Crippen LogP contribution is 2.09. The van der Waals surface area contributed by atoms with Crippen LogP contribution in [0.4, 0.5) is 0 Å². The Morgan fingerprint density at radius 3 is 2.38 bits per heavy atom. The lowest BCUT2D eigenvalue weighted by Crippen LogP contribution is -2.42. The third-order valence-corrected chi connectivity index (χ3v) is 3.57. The molecule has 120 valence electrons. The molecule has 0 fully saturated rings. The van der Waals surface area contributed by atoms with Crippen LogP contribution in [0.5, 0.6) is 0 Å². The zero-order valence-electron chi connectivity index (χ0n) is 12.7. The number of benzene rings is 2. The minimum Gasteiger partial charge on any atom is -0.480 e. The lowest BCUT2D eigenvalue weighted by Gasteiger charge is -2.14. The molecule has 1 unspecified atom stereocenters. The number of rotatable bonds is 5. The molecule has 3 aromatic rings.